The lowest BCUT2D eigenvalue weighted by molar-refractivity contribution is 0.217. The number of hydrogen-bond acceptors (Lipinski definition) is 2. The van der Waals surface area contributed by atoms with Crippen LogP contribution in [0.25, 0.3) is 0 Å². The van der Waals surface area contributed by atoms with Gasteiger partial charge in [0, 0.05) is 18.0 Å². The maximum atomic E-state index is 12.6. The molecule has 4 heteroatoms. The zero-order valence-corrected chi connectivity index (χ0v) is 13.2. The average Bonchev–Trinajstić information content (AvgIpc) is 3.20. The van der Waals surface area contributed by atoms with Crippen molar-refractivity contribution in [1.29, 1.82) is 0 Å². The van der Waals surface area contributed by atoms with E-state index in [-0.39, 0.29) is 6.03 Å². The molecule has 3 aliphatic rings. The summed E-state index contributed by atoms with van der Waals surface area (Å²) in [5, 5.41) is 3.11. The smallest absolute Gasteiger partial charge is 0.321 e. The molecule has 2 aliphatic carbocycles. The van der Waals surface area contributed by atoms with Gasteiger partial charge in [-0.15, -0.1) is 11.8 Å². The van der Waals surface area contributed by atoms with E-state index < -0.39 is 0 Å². The lowest BCUT2D eigenvalue weighted by Crippen LogP contribution is -2.34. The first kappa shape index (κ1) is 13.5. The molecule has 3 fully saturated rings. The molecule has 1 saturated heterocycles. The molecule has 3 nitrogen and oxygen atoms in total. The number of benzene rings is 1. The standard InChI is InChI=1S/C17H22N2OS/c1-21-16-5-3-2-4-15(16)18-17(20)19-9-13-11-6-7-12(8-11)14(13)10-19/h2-5,11-14H,6-10H2,1H3,(H,18,20). The Hall–Kier alpha value is -1.16. The molecule has 1 N–H and O–H groups in total. The van der Waals surface area contributed by atoms with Gasteiger partial charge >= 0.3 is 6.03 Å². The molecular formula is C17H22N2OS. The van der Waals surface area contributed by atoms with Gasteiger partial charge in [-0.05, 0) is 61.3 Å². The summed E-state index contributed by atoms with van der Waals surface area (Å²) in [5.74, 6) is 3.36. The van der Waals surface area contributed by atoms with Gasteiger partial charge in [-0.2, -0.15) is 0 Å². The van der Waals surface area contributed by atoms with E-state index in [1.54, 1.807) is 11.8 Å². The molecule has 1 aliphatic heterocycles. The van der Waals surface area contributed by atoms with Crippen LogP contribution in [-0.4, -0.2) is 30.3 Å². The summed E-state index contributed by atoms with van der Waals surface area (Å²) in [6.07, 6.45) is 6.27. The normalized spacial score (nSPS) is 33.3. The summed E-state index contributed by atoms with van der Waals surface area (Å²) in [7, 11) is 0. The maximum Gasteiger partial charge on any atom is 0.321 e. The molecule has 4 rings (SSSR count). The third kappa shape index (κ3) is 2.24. The van der Waals surface area contributed by atoms with Crippen LogP contribution in [0.3, 0.4) is 0 Å². The van der Waals surface area contributed by atoms with Crippen LogP contribution in [-0.2, 0) is 0 Å². The molecule has 1 aromatic rings. The average molecular weight is 302 g/mol. The Morgan fingerprint density at radius 2 is 1.86 bits per heavy atom. The van der Waals surface area contributed by atoms with Crippen LogP contribution in [0.15, 0.2) is 29.2 Å². The number of nitrogens with zero attached hydrogens (tertiary/aromatic N) is 1. The first-order chi connectivity index (χ1) is 10.3. The molecule has 21 heavy (non-hydrogen) atoms. The monoisotopic (exact) mass is 302 g/mol. The summed E-state index contributed by atoms with van der Waals surface area (Å²) >= 11 is 1.67. The fourth-order valence-electron chi connectivity index (χ4n) is 4.79. The van der Waals surface area contributed by atoms with Crippen LogP contribution in [0.2, 0.25) is 0 Å². The van der Waals surface area contributed by atoms with Crippen LogP contribution in [0.1, 0.15) is 19.3 Å². The number of likely N-dealkylation sites (tertiary alicyclic amines) is 1. The second-order valence-corrected chi connectivity index (χ2v) is 7.54. The Morgan fingerprint density at radius 1 is 1.19 bits per heavy atom. The summed E-state index contributed by atoms with van der Waals surface area (Å²) in [6, 6.07) is 8.13. The van der Waals surface area contributed by atoms with E-state index in [2.05, 4.69) is 16.3 Å². The number of nitrogens with one attached hydrogen (secondary N) is 1. The van der Waals surface area contributed by atoms with Crippen molar-refractivity contribution in [3.05, 3.63) is 24.3 Å². The zero-order valence-electron chi connectivity index (χ0n) is 12.4. The highest BCUT2D eigenvalue weighted by Gasteiger charge is 2.52. The molecule has 0 spiro atoms. The molecule has 0 aromatic heterocycles. The van der Waals surface area contributed by atoms with Crippen molar-refractivity contribution in [1.82, 2.24) is 4.90 Å². The number of urea groups is 1. The predicted octanol–water partition coefficient (Wildman–Crippen LogP) is 3.92. The Morgan fingerprint density at radius 3 is 2.52 bits per heavy atom. The van der Waals surface area contributed by atoms with Crippen LogP contribution < -0.4 is 5.32 Å². The molecule has 112 valence electrons. The second-order valence-electron chi connectivity index (χ2n) is 6.70. The molecule has 2 amide bonds. The molecule has 1 aromatic carbocycles. The lowest BCUT2D eigenvalue weighted by Gasteiger charge is -2.22. The largest absolute Gasteiger partial charge is 0.324 e. The van der Waals surface area contributed by atoms with E-state index in [9.17, 15) is 4.79 Å². The first-order valence-corrected chi connectivity index (χ1v) is 9.17. The van der Waals surface area contributed by atoms with Crippen LogP contribution >= 0.6 is 11.8 Å². The topological polar surface area (TPSA) is 32.3 Å². The first-order valence-electron chi connectivity index (χ1n) is 7.95. The minimum atomic E-state index is 0.0882. The van der Waals surface area contributed by atoms with Crippen molar-refractivity contribution in [3.8, 4) is 0 Å². The molecule has 1 heterocycles. The zero-order chi connectivity index (χ0) is 14.4. The Bertz CT molecular complexity index is 543. The highest BCUT2D eigenvalue weighted by molar-refractivity contribution is 7.98. The predicted molar refractivity (Wildman–Crippen MR) is 86.6 cm³/mol. The molecule has 0 radical (unpaired) electrons. The number of fused-ring (bicyclic) bond motifs is 5. The van der Waals surface area contributed by atoms with E-state index in [4.69, 9.17) is 0 Å². The highest BCUT2D eigenvalue weighted by Crippen LogP contribution is 2.55. The van der Waals surface area contributed by atoms with Crippen LogP contribution in [0, 0.1) is 23.7 Å². The van der Waals surface area contributed by atoms with Crippen molar-refractivity contribution in [2.45, 2.75) is 24.2 Å². The van der Waals surface area contributed by atoms with Crippen molar-refractivity contribution in [2.24, 2.45) is 23.7 Å². The highest BCUT2D eigenvalue weighted by atomic mass is 32.2. The van der Waals surface area contributed by atoms with E-state index >= 15 is 0 Å². The number of carbonyl (C=O) groups is 1. The van der Waals surface area contributed by atoms with Crippen LogP contribution in [0.5, 0.6) is 0 Å². The summed E-state index contributed by atoms with van der Waals surface area (Å²) in [6.45, 7) is 1.94. The third-order valence-corrected chi connectivity index (χ3v) is 6.57. The van der Waals surface area contributed by atoms with Gasteiger partial charge in [-0.1, -0.05) is 12.1 Å². The number of hydrogen-bond donors (Lipinski definition) is 1. The summed E-state index contributed by atoms with van der Waals surface area (Å²) in [4.78, 5) is 15.7. The third-order valence-electron chi connectivity index (χ3n) is 5.77. The van der Waals surface area contributed by atoms with Gasteiger partial charge < -0.3 is 10.2 Å². The van der Waals surface area contributed by atoms with Gasteiger partial charge in [-0.25, -0.2) is 4.79 Å². The van der Waals surface area contributed by atoms with Crippen molar-refractivity contribution in [2.75, 3.05) is 24.7 Å². The second kappa shape index (κ2) is 5.24. The summed E-state index contributed by atoms with van der Waals surface area (Å²) < 4.78 is 0. The molecular weight excluding hydrogens is 280 g/mol. The minimum absolute atomic E-state index is 0.0882. The Balaban J connectivity index is 1.45. The lowest BCUT2D eigenvalue weighted by atomic mass is 9.82. The van der Waals surface area contributed by atoms with Gasteiger partial charge in [0.2, 0.25) is 0 Å². The SMILES string of the molecule is CSc1ccccc1NC(=O)N1CC2C3CCC(C3)C2C1. The number of para-hydroxylation sites is 1. The van der Waals surface area contributed by atoms with E-state index in [1.807, 2.05) is 24.5 Å². The molecule has 4 unspecified atom stereocenters. The van der Waals surface area contributed by atoms with E-state index in [0.29, 0.717) is 0 Å². The van der Waals surface area contributed by atoms with Crippen molar-refractivity contribution >= 4 is 23.5 Å². The van der Waals surface area contributed by atoms with E-state index in [0.717, 1.165) is 47.3 Å². The minimum Gasteiger partial charge on any atom is -0.324 e. The number of anilines is 1. The van der Waals surface area contributed by atoms with Crippen molar-refractivity contribution < 1.29 is 4.79 Å². The maximum absolute atomic E-state index is 12.6. The molecule has 2 saturated carbocycles. The number of amides is 2. The van der Waals surface area contributed by atoms with Gasteiger partial charge in [0.25, 0.3) is 0 Å². The number of thioether (sulfide) groups is 1. The van der Waals surface area contributed by atoms with E-state index in [1.165, 1.54) is 19.3 Å². The van der Waals surface area contributed by atoms with Gasteiger partial charge in [0.05, 0.1) is 5.69 Å². The Labute approximate surface area is 130 Å². The molecule has 2 bridgehead atoms. The summed E-state index contributed by atoms with van der Waals surface area (Å²) in [5.41, 5.74) is 0.940. The van der Waals surface area contributed by atoms with Crippen molar-refractivity contribution in [3.63, 3.8) is 0 Å². The Kier molecular flexibility index (Phi) is 3.37. The fourth-order valence-corrected chi connectivity index (χ4v) is 5.34. The van der Waals surface area contributed by atoms with Gasteiger partial charge in [0.1, 0.15) is 0 Å². The molecule has 4 atom stereocenters. The number of rotatable bonds is 2. The van der Waals surface area contributed by atoms with Gasteiger partial charge in [-0.3, -0.25) is 0 Å². The van der Waals surface area contributed by atoms with Crippen LogP contribution in [0.4, 0.5) is 10.5 Å². The van der Waals surface area contributed by atoms with Gasteiger partial charge in [0.15, 0.2) is 0 Å². The quantitative estimate of drug-likeness (QED) is 0.840. The fraction of sp³-hybridized carbons (Fsp3) is 0.588. The number of carbonyl (C=O) groups excluding carboxylic acids is 1.